The number of nitrogens with zero attached hydrogens (tertiary/aromatic N) is 1. The molecule has 0 bridgehead atoms. The van der Waals surface area contributed by atoms with Crippen LogP contribution >= 0.6 is 7.82 Å². The number of phosphoric acid groups is 1. The monoisotopic (exact) mass is 878 g/mol. The predicted molar refractivity (Wildman–Crippen MR) is 241 cm³/mol. The third-order valence-corrected chi connectivity index (χ3v) is 11.1. The van der Waals surface area contributed by atoms with E-state index in [0.29, 0.717) is 49.6 Å². The molecule has 0 spiro atoms. The fourth-order valence-electron chi connectivity index (χ4n) is 6.53. The Morgan fingerprint density at radius 1 is 0.803 bits per heavy atom. The number of aliphatic hydroxyl groups excluding tert-OH is 2. The van der Waals surface area contributed by atoms with Gasteiger partial charge in [-0.05, 0) is 64.2 Å². The SMILES string of the molecule is CC/C=C\C/C=C\C/C=C\C/C=C\C/C=C\CCCC(=O)OC[C@H](COP(=O)([O-])OCC[N+](C)(C)C)OC(=O)CCCCCC[C@H]1C(=O)C[C@@H](O)[C@@H]1/C=C/[C@@H](O)CCCCC. The molecule has 1 rings (SSSR count). The summed E-state index contributed by atoms with van der Waals surface area (Å²) in [6.07, 6.45) is 35.5. The number of unbranched alkanes of at least 4 members (excludes halogenated alkanes) is 6. The molecular weight excluding hydrogens is 797 g/mol. The maximum atomic E-state index is 12.8. The Labute approximate surface area is 368 Å². The Balaban J connectivity index is 2.51. The van der Waals surface area contributed by atoms with Crippen molar-refractivity contribution in [2.24, 2.45) is 11.8 Å². The topological polar surface area (TPSA) is 169 Å². The second-order valence-electron chi connectivity index (χ2n) is 16.8. The van der Waals surface area contributed by atoms with E-state index in [-0.39, 0.29) is 50.1 Å². The molecular formula is C48H80NO11P. The van der Waals surface area contributed by atoms with Crippen molar-refractivity contribution in [2.45, 2.75) is 154 Å². The Morgan fingerprint density at radius 2 is 1.41 bits per heavy atom. The molecule has 0 aromatic heterocycles. The molecule has 348 valence electrons. The second kappa shape index (κ2) is 34.5. The lowest BCUT2D eigenvalue weighted by atomic mass is 9.88. The lowest BCUT2D eigenvalue weighted by Gasteiger charge is -2.28. The minimum absolute atomic E-state index is 0.0341. The number of rotatable bonds is 36. The van der Waals surface area contributed by atoms with Crippen LogP contribution in [0.4, 0.5) is 0 Å². The zero-order chi connectivity index (χ0) is 45.2. The first-order valence-corrected chi connectivity index (χ1v) is 24.2. The molecule has 1 fully saturated rings. The molecule has 6 atom stereocenters. The van der Waals surface area contributed by atoms with Crippen molar-refractivity contribution in [2.75, 3.05) is 47.5 Å². The molecule has 2 N–H and O–H groups in total. The minimum Gasteiger partial charge on any atom is -0.756 e. The van der Waals surface area contributed by atoms with Gasteiger partial charge in [0.25, 0.3) is 7.82 Å². The van der Waals surface area contributed by atoms with Gasteiger partial charge in [0.2, 0.25) is 0 Å². The summed E-state index contributed by atoms with van der Waals surface area (Å²) in [5, 5.41) is 20.8. The zero-order valence-corrected chi connectivity index (χ0v) is 38.9. The quantitative estimate of drug-likeness (QED) is 0.0203. The molecule has 12 nitrogen and oxygen atoms in total. The normalized spacial score (nSPS) is 19.7. The van der Waals surface area contributed by atoms with E-state index in [9.17, 15) is 34.1 Å². The summed E-state index contributed by atoms with van der Waals surface area (Å²) in [4.78, 5) is 50.4. The van der Waals surface area contributed by atoms with E-state index in [1.807, 2.05) is 33.3 Å². The Bertz CT molecular complexity index is 1430. The van der Waals surface area contributed by atoms with Crippen LogP contribution in [-0.4, -0.2) is 98.2 Å². The van der Waals surface area contributed by atoms with Crippen LogP contribution in [0.15, 0.2) is 72.9 Å². The van der Waals surface area contributed by atoms with Gasteiger partial charge in [-0.2, -0.15) is 0 Å². The molecule has 0 aromatic rings. The van der Waals surface area contributed by atoms with Gasteiger partial charge in [-0.15, -0.1) is 0 Å². The number of aliphatic hydroxyl groups is 2. The zero-order valence-electron chi connectivity index (χ0n) is 38.0. The van der Waals surface area contributed by atoms with Crippen molar-refractivity contribution in [1.29, 1.82) is 0 Å². The van der Waals surface area contributed by atoms with E-state index in [1.165, 1.54) is 0 Å². The number of esters is 2. The summed E-state index contributed by atoms with van der Waals surface area (Å²) >= 11 is 0. The summed E-state index contributed by atoms with van der Waals surface area (Å²) in [5.41, 5.74) is 0. The number of Topliss-reactive ketones (excluding diaryl/α,β-unsaturated/α-hetero) is 1. The van der Waals surface area contributed by atoms with Crippen molar-refractivity contribution in [3.8, 4) is 0 Å². The lowest BCUT2D eigenvalue weighted by Crippen LogP contribution is -2.37. The highest BCUT2D eigenvalue weighted by Crippen LogP contribution is 2.38. The highest BCUT2D eigenvalue weighted by Gasteiger charge is 2.39. The number of hydrogen-bond donors (Lipinski definition) is 2. The Morgan fingerprint density at radius 3 is 2.03 bits per heavy atom. The molecule has 1 aliphatic carbocycles. The van der Waals surface area contributed by atoms with Crippen LogP contribution in [0.3, 0.4) is 0 Å². The van der Waals surface area contributed by atoms with Gasteiger partial charge >= 0.3 is 11.9 Å². The highest BCUT2D eigenvalue weighted by molar-refractivity contribution is 7.45. The van der Waals surface area contributed by atoms with E-state index >= 15 is 0 Å². The minimum atomic E-state index is -4.71. The molecule has 1 aliphatic rings. The van der Waals surface area contributed by atoms with Crippen molar-refractivity contribution in [3.63, 3.8) is 0 Å². The van der Waals surface area contributed by atoms with Gasteiger partial charge in [0.15, 0.2) is 6.10 Å². The highest BCUT2D eigenvalue weighted by atomic mass is 31.2. The first-order chi connectivity index (χ1) is 29.2. The number of carbonyl (C=O) groups excluding carboxylic acids is 3. The molecule has 0 saturated heterocycles. The first kappa shape index (κ1) is 56.1. The Hall–Kier alpha value is -2.96. The summed E-state index contributed by atoms with van der Waals surface area (Å²) in [7, 11) is 0.975. The summed E-state index contributed by atoms with van der Waals surface area (Å²) < 4.78 is 33.8. The van der Waals surface area contributed by atoms with Crippen LogP contribution in [0.1, 0.15) is 136 Å². The number of ether oxygens (including phenoxy) is 2. The van der Waals surface area contributed by atoms with E-state index < -0.39 is 44.7 Å². The van der Waals surface area contributed by atoms with E-state index in [0.717, 1.165) is 64.2 Å². The van der Waals surface area contributed by atoms with Crippen molar-refractivity contribution in [1.82, 2.24) is 0 Å². The molecule has 0 amide bonds. The van der Waals surface area contributed by atoms with Crippen LogP contribution in [0, 0.1) is 11.8 Å². The van der Waals surface area contributed by atoms with Gasteiger partial charge in [0.05, 0.1) is 40.0 Å². The van der Waals surface area contributed by atoms with E-state index in [4.69, 9.17) is 18.5 Å². The van der Waals surface area contributed by atoms with Gasteiger partial charge in [-0.25, -0.2) is 0 Å². The number of ketones is 1. The molecule has 0 aromatic carbocycles. The van der Waals surface area contributed by atoms with Crippen molar-refractivity contribution >= 4 is 25.5 Å². The fraction of sp³-hybridized carbons (Fsp3) is 0.688. The molecule has 1 saturated carbocycles. The smallest absolute Gasteiger partial charge is 0.306 e. The number of quaternary nitrogens is 1. The Kier molecular flexibility index (Phi) is 31.7. The average Bonchev–Trinajstić information content (AvgIpc) is 3.47. The second-order valence-corrected chi connectivity index (χ2v) is 18.2. The maximum Gasteiger partial charge on any atom is 0.306 e. The van der Waals surface area contributed by atoms with Crippen LogP contribution in [0.2, 0.25) is 0 Å². The van der Waals surface area contributed by atoms with Crippen LogP contribution in [-0.2, 0) is 37.5 Å². The van der Waals surface area contributed by atoms with Crippen LogP contribution in [0.5, 0.6) is 0 Å². The maximum absolute atomic E-state index is 12.8. The third kappa shape index (κ3) is 31.5. The molecule has 0 radical (unpaired) electrons. The van der Waals surface area contributed by atoms with Crippen LogP contribution < -0.4 is 4.89 Å². The van der Waals surface area contributed by atoms with E-state index in [1.54, 1.807) is 12.2 Å². The average molecular weight is 878 g/mol. The van der Waals surface area contributed by atoms with Gasteiger partial charge in [-0.1, -0.05) is 125 Å². The molecule has 0 heterocycles. The fourth-order valence-corrected chi connectivity index (χ4v) is 7.25. The van der Waals surface area contributed by atoms with Crippen LogP contribution in [0.25, 0.3) is 0 Å². The van der Waals surface area contributed by atoms with Crippen molar-refractivity contribution < 1.29 is 57.1 Å². The molecule has 61 heavy (non-hydrogen) atoms. The first-order valence-electron chi connectivity index (χ1n) is 22.7. The lowest BCUT2D eigenvalue weighted by molar-refractivity contribution is -0.870. The molecule has 13 heteroatoms. The molecule has 1 unspecified atom stereocenters. The van der Waals surface area contributed by atoms with Gasteiger partial charge in [0.1, 0.15) is 25.5 Å². The number of likely N-dealkylation sites (N-methyl/N-ethyl adjacent to an activating group) is 1. The summed E-state index contributed by atoms with van der Waals surface area (Å²) in [6, 6.07) is 0. The van der Waals surface area contributed by atoms with Crippen molar-refractivity contribution in [3.05, 3.63) is 72.9 Å². The number of phosphoric ester groups is 1. The standard InChI is InChI=1S/C48H80NO11P/c1-6-8-10-11-12-13-14-15-16-17-18-19-20-21-22-23-28-32-47(53)57-39-42(40-59-61(55,56)58-37-36-49(3,4)5)60-48(54)33-29-25-24-27-31-43-44(46(52)38-45(43)51)35-34-41(50)30-26-9-7-2/h8,10,12-13,15-16,18-19,21-22,34-35,41-44,46,50,52H,6-7,9,11,14,17,20,23-33,36-40H2,1-5H3/b10-8-,13-12-,16-15-,19-18-,22-21-,35-34+/t41-,42+,43+,44+,46+/m0/s1. The predicted octanol–water partition coefficient (Wildman–Crippen LogP) is 8.98. The summed E-state index contributed by atoms with van der Waals surface area (Å²) in [5.74, 6) is -1.65. The van der Waals surface area contributed by atoms with Gasteiger partial charge in [-0.3, -0.25) is 18.9 Å². The van der Waals surface area contributed by atoms with E-state index in [2.05, 4.69) is 62.5 Å². The van der Waals surface area contributed by atoms with Gasteiger partial charge < -0.3 is 38.1 Å². The molecule has 0 aliphatic heterocycles. The number of allylic oxidation sites excluding steroid dienone is 10. The summed E-state index contributed by atoms with van der Waals surface area (Å²) in [6.45, 7) is 3.64. The van der Waals surface area contributed by atoms with Gasteiger partial charge in [0, 0.05) is 31.1 Å². The number of hydrogen-bond acceptors (Lipinski definition) is 11. The largest absolute Gasteiger partial charge is 0.756 e. The number of carbonyl (C=O) groups is 3. The third-order valence-electron chi connectivity index (χ3n) is 10.1.